The van der Waals surface area contributed by atoms with E-state index < -0.39 is 32.2 Å². The quantitative estimate of drug-likeness (QED) is 0.604. The van der Waals surface area contributed by atoms with Crippen molar-refractivity contribution in [2.75, 3.05) is 6.54 Å². The number of rotatable bonds is 3. The second-order valence-corrected chi connectivity index (χ2v) is 8.37. The van der Waals surface area contributed by atoms with Crippen LogP contribution in [0, 0.1) is 0 Å². The Labute approximate surface area is 154 Å². The number of nitrogens with zero attached hydrogens (tertiary/aromatic N) is 6. The van der Waals surface area contributed by atoms with Crippen molar-refractivity contribution in [2.24, 2.45) is 14.1 Å². The van der Waals surface area contributed by atoms with Crippen molar-refractivity contribution in [1.29, 1.82) is 0 Å². The Bertz CT molecular complexity index is 1260. The predicted molar refractivity (Wildman–Crippen MR) is 95.8 cm³/mol. The zero-order valence-corrected chi connectivity index (χ0v) is 15.6. The van der Waals surface area contributed by atoms with E-state index in [2.05, 4.69) is 10.2 Å². The van der Waals surface area contributed by atoms with E-state index in [9.17, 15) is 18.0 Å². The lowest BCUT2D eigenvalue weighted by atomic mass is 10.2. The monoisotopic (exact) mass is 390 g/mol. The minimum atomic E-state index is -4.12. The summed E-state index contributed by atoms with van der Waals surface area (Å²) in [5.74, 6) is 0.508. The zero-order valence-electron chi connectivity index (χ0n) is 14.8. The van der Waals surface area contributed by atoms with Crippen molar-refractivity contribution in [3.05, 3.63) is 57.3 Å². The molecule has 1 atom stereocenters. The van der Waals surface area contributed by atoms with Gasteiger partial charge in [0.2, 0.25) is 0 Å². The van der Waals surface area contributed by atoms with E-state index in [0.29, 0.717) is 24.3 Å². The minimum Gasteiger partial charge on any atom is -0.302 e. The molecule has 0 bridgehead atoms. The molecule has 1 fully saturated rings. The molecule has 0 N–H and O–H groups in total. The van der Waals surface area contributed by atoms with Crippen LogP contribution in [0.4, 0.5) is 0 Å². The SMILES string of the molecule is Cn1cc(S(=O)(=O)N2CCC[C@H]2c2nnc3ccccn23)c(=O)n(C)c1=O. The van der Waals surface area contributed by atoms with Crippen LogP contribution in [0.15, 0.2) is 45.1 Å². The third-order valence-corrected chi connectivity index (χ3v) is 6.73. The van der Waals surface area contributed by atoms with Gasteiger partial charge in [0, 0.05) is 33.0 Å². The van der Waals surface area contributed by atoms with Gasteiger partial charge in [-0.15, -0.1) is 10.2 Å². The molecule has 0 radical (unpaired) electrons. The number of hydrogen-bond acceptors (Lipinski definition) is 6. The number of aromatic nitrogens is 5. The Morgan fingerprint density at radius 2 is 1.93 bits per heavy atom. The van der Waals surface area contributed by atoms with Crippen molar-refractivity contribution >= 4 is 15.7 Å². The van der Waals surface area contributed by atoms with Crippen molar-refractivity contribution < 1.29 is 8.42 Å². The molecule has 27 heavy (non-hydrogen) atoms. The van der Waals surface area contributed by atoms with Gasteiger partial charge in [0.05, 0.1) is 6.04 Å². The molecule has 1 saturated heterocycles. The molecule has 0 aromatic carbocycles. The molecule has 3 aromatic rings. The van der Waals surface area contributed by atoms with Crippen molar-refractivity contribution in [3.63, 3.8) is 0 Å². The normalized spacial score (nSPS) is 18.4. The first-order valence-corrected chi connectivity index (χ1v) is 9.84. The van der Waals surface area contributed by atoms with Crippen LogP contribution in [0.2, 0.25) is 0 Å². The smallest absolute Gasteiger partial charge is 0.302 e. The van der Waals surface area contributed by atoms with Gasteiger partial charge in [0.25, 0.3) is 15.6 Å². The molecule has 0 saturated carbocycles. The van der Waals surface area contributed by atoms with Crippen LogP contribution in [0.3, 0.4) is 0 Å². The van der Waals surface area contributed by atoms with Crippen molar-refractivity contribution in [1.82, 2.24) is 28.0 Å². The minimum absolute atomic E-state index is 0.265. The lowest BCUT2D eigenvalue weighted by molar-refractivity contribution is 0.379. The highest BCUT2D eigenvalue weighted by Gasteiger charge is 2.40. The van der Waals surface area contributed by atoms with Crippen molar-refractivity contribution in [2.45, 2.75) is 23.8 Å². The van der Waals surface area contributed by atoms with Crippen LogP contribution in [-0.4, -0.2) is 43.0 Å². The number of pyridine rings is 1. The van der Waals surface area contributed by atoms with Gasteiger partial charge in [0.15, 0.2) is 16.4 Å². The Morgan fingerprint density at radius 3 is 2.70 bits per heavy atom. The van der Waals surface area contributed by atoms with Crippen LogP contribution in [-0.2, 0) is 24.1 Å². The van der Waals surface area contributed by atoms with Gasteiger partial charge in [-0.3, -0.25) is 13.8 Å². The number of aryl methyl sites for hydroxylation is 1. The van der Waals surface area contributed by atoms with Gasteiger partial charge in [-0.1, -0.05) is 6.07 Å². The summed E-state index contributed by atoms with van der Waals surface area (Å²) in [6.07, 6.45) is 4.06. The molecular formula is C16H18N6O4S. The molecule has 0 amide bonds. The van der Waals surface area contributed by atoms with Crippen LogP contribution in [0.1, 0.15) is 24.7 Å². The second-order valence-electron chi connectivity index (χ2n) is 6.51. The van der Waals surface area contributed by atoms with Crippen LogP contribution < -0.4 is 11.2 Å². The Morgan fingerprint density at radius 1 is 1.15 bits per heavy atom. The third-order valence-electron chi connectivity index (χ3n) is 4.84. The van der Waals surface area contributed by atoms with Crippen LogP contribution in [0.25, 0.3) is 5.65 Å². The molecule has 0 aliphatic carbocycles. The molecule has 0 spiro atoms. The number of sulfonamides is 1. The van der Waals surface area contributed by atoms with Gasteiger partial charge in [-0.05, 0) is 25.0 Å². The maximum atomic E-state index is 13.3. The van der Waals surface area contributed by atoms with Gasteiger partial charge in [0.1, 0.15) is 0 Å². The van der Waals surface area contributed by atoms with Gasteiger partial charge < -0.3 is 4.57 Å². The predicted octanol–water partition coefficient (Wildman–Crippen LogP) is -0.347. The average Bonchev–Trinajstić information content (AvgIpc) is 3.29. The largest absolute Gasteiger partial charge is 0.330 e. The fourth-order valence-corrected chi connectivity index (χ4v) is 5.26. The average molecular weight is 390 g/mol. The maximum Gasteiger partial charge on any atom is 0.330 e. The molecule has 4 heterocycles. The van der Waals surface area contributed by atoms with Gasteiger partial charge in [-0.2, -0.15) is 4.31 Å². The molecule has 1 aliphatic heterocycles. The molecule has 4 rings (SSSR count). The van der Waals surface area contributed by atoms with E-state index >= 15 is 0 Å². The van der Waals surface area contributed by atoms with Crippen molar-refractivity contribution in [3.8, 4) is 0 Å². The molecular weight excluding hydrogens is 372 g/mol. The van der Waals surface area contributed by atoms with E-state index in [1.807, 2.05) is 12.1 Å². The number of hydrogen-bond donors (Lipinski definition) is 0. The Kier molecular flexibility index (Phi) is 4.00. The van der Waals surface area contributed by atoms with E-state index in [4.69, 9.17) is 0 Å². The lowest BCUT2D eigenvalue weighted by Gasteiger charge is -2.23. The Balaban J connectivity index is 1.85. The standard InChI is InChI=1S/C16H18N6O4S/c1-19-10-12(15(23)20(2)16(19)24)27(25,26)22-9-5-6-11(22)14-18-17-13-7-3-4-8-21(13)14/h3-4,7-8,10-11H,5-6,9H2,1-2H3/t11-/m0/s1. The fourth-order valence-electron chi connectivity index (χ4n) is 3.45. The summed E-state index contributed by atoms with van der Waals surface area (Å²) in [5, 5.41) is 8.26. The first kappa shape index (κ1) is 17.6. The zero-order chi connectivity index (χ0) is 19.3. The summed E-state index contributed by atoms with van der Waals surface area (Å²) in [5.41, 5.74) is -0.801. The molecule has 11 heteroatoms. The summed E-state index contributed by atoms with van der Waals surface area (Å²) in [6, 6.07) is 4.89. The highest BCUT2D eigenvalue weighted by Crippen LogP contribution is 2.35. The van der Waals surface area contributed by atoms with Crippen LogP contribution >= 0.6 is 0 Å². The topological polar surface area (TPSA) is 112 Å². The molecule has 10 nitrogen and oxygen atoms in total. The third kappa shape index (κ3) is 2.61. The molecule has 3 aromatic heterocycles. The Hall–Kier alpha value is -2.79. The molecule has 1 aliphatic rings. The van der Waals surface area contributed by atoms with E-state index in [1.54, 1.807) is 16.7 Å². The van der Waals surface area contributed by atoms with Gasteiger partial charge in [-0.25, -0.2) is 13.2 Å². The maximum absolute atomic E-state index is 13.3. The number of fused-ring (bicyclic) bond motifs is 1. The summed E-state index contributed by atoms with van der Waals surface area (Å²) in [6.45, 7) is 0.265. The van der Waals surface area contributed by atoms with Crippen LogP contribution in [0.5, 0.6) is 0 Å². The fraction of sp³-hybridized carbons (Fsp3) is 0.375. The molecule has 142 valence electrons. The lowest BCUT2D eigenvalue weighted by Crippen LogP contribution is -2.42. The summed E-state index contributed by atoms with van der Waals surface area (Å²) >= 11 is 0. The summed E-state index contributed by atoms with van der Waals surface area (Å²) in [4.78, 5) is 23.9. The van der Waals surface area contributed by atoms with E-state index in [1.165, 1.54) is 18.4 Å². The first-order valence-electron chi connectivity index (χ1n) is 8.40. The van der Waals surface area contributed by atoms with Gasteiger partial charge >= 0.3 is 5.69 Å². The summed E-state index contributed by atoms with van der Waals surface area (Å²) < 4.78 is 31.4. The van der Waals surface area contributed by atoms with E-state index in [-0.39, 0.29) is 6.54 Å². The second kappa shape index (κ2) is 6.13. The first-order chi connectivity index (χ1) is 12.8. The summed E-state index contributed by atoms with van der Waals surface area (Å²) in [7, 11) is -1.44. The highest BCUT2D eigenvalue weighted by molar-refractivity contribution is 7.89. The molecule has 0 unspecified atom stereocenters. The van der Waals surface area contributed by atoms with E-state index in [0.717, 1.165) is 15.3 Å². The highest BCUT2D eigenvalue weighted by atomic mass is 32.2.